The molecule has 0 spiro atoms. The number of nitrogens with zero attached hydrogens (tertiary/aromatic N) is 3. The number of aromatic nitrogens is 3. The molecule has 2 aromatic heterocycles. The first-order valence-electron chi connectivity index (χ1n) is 6.95. The first-order valence-corrected chi connectivity index (χ1v) is 6.95. The monoisotopic (exact) mass is 273 g/mol. The summed E-state index contributed by atoms with van der Waals surface area (Å²) < 4.78 is 1.80. The van der Waals surface area contributed by atoms with Gasteiger partial charge in [0.15, 0.2) is 5.65 Å². The van der Waals surface area contributed by atoms with Crippen LogP contribution in [0.3, 0.4) is 0 Å². The average Bonchev–Trinajstić information content (AvgIpc) is 2.80. The molecule has 3 N–H and O–H groups in total. The third-order valence-corrected chi connectivity index (χ3v) is 3.86. The lowest BCUT2D eigenvalue weighted by Gasteiger charge is -2.34. The topological polar surface area (TPSA) is 85.3 Å². The summed E-state index contributed by atoms with van der Waals surface area (Å²) in [6.45, 7) is 4.23. The average molecular weight is 273 g/mol. The van der Waals surface area contributed by atoms with Gasteiger partial charge in [0, 0.05) is 29.8 Å². The molecule has 1 aliphatic carbocycles. The highest BCUT2D eigenvalue weighted by Gasteiger charge is 2.33. The SMILES string of the molecule is CC(C)c1cc(NC2CC(C(N)=O)C2)n2nccc2n1. The van der Waals surface area contributed by atoms with E-state index in [0.717, 1.165) is 30.0 Å². The van der Waals surface area contributed by atoms with Gasteiger partial charge in [-0.1, -0.05) is 13.8 Å². The van der Waals surface area contributed by atoms with E-state index in [9.17, 15) is 4.79 Å². The number of rotatable bonds is 4. The van der Waals surface area contributed by atoms with Gasteiger partial charge < -0.3 is 11.1 Å². The van der Waals surface area contributed by atoms with E-state index in [0.29, 0.717) is 5.92 Å². The molecule has 0 radical (unpaired) electrons. The van der Waals surface area contributed by atoms with E-state index >= 15 is 0 Å². The minimum atomic E-state index is -0.204. The van der Waals surface area contributed by atoms with Gasteiger partial charge in [-0.05, 0) is 18.8 Å². The highest BCUT2D eigenvalue weighted by atomic mass is 16.1. The Hall–Kier alpha value is -2.11. The number of hydrogen-bond acceptors (Lipinski definition) is 4. The van der Waals surface area contributed by atoms with Gasteiger partial charge in [-0.3, -0.25) is 4.79 Å². The summed E-state index contributed by atoms with van der Waals surface area (Å²) in [5, 5.41) is 7.72. The van der Waals surface area contributed by atoms with E-state index in [1.165, 1.54) is 0 Å². The molecule has 0 saturated heterocycles. The number of nitrogens with two attached hydrogens (primary N) is 1. The zero-order valence-electron chi connectivity index (χ0n) is 11.7. The van der Waals surface area contributed by atoms with Crippen LogP contribution in [-0.4, -0.2) is 26.5 Å². The van der Waals surface area contributed by atoms with Crippen LogP contribution in [0.25, 0.3) is 5.65 Å². The number of carbonyl (C=O) groups excluding carboxylic acids is 1. The zero-order valence-corrected chi connectivity index (χ0v) is 11.7. The van der Waals surface area contributed by atoms with Gasteiger partial charge in [0.05, 0.1) is 6.20 Å². The Morgan fingerprint density at radius 2 is 2.25 bits per heavy atom. The molecule has 2 heterocycles. The first-order chi connectivity index (χ1) is 9.54. The van der Waals surface area contributed by atoms with E-state index in [2.05, 4.69) is 29.2 Å². The molecule has 3 rings (SSSR count). The minimum Gasteiger partial charge on any atom is -0.369 e. The molecular formula is C14H19N5O. The van der Waals surface area contributed by atoms with Crippen LogP contribution in [-0.2, 0) is 4.79 Å². The van der Waals surface area contributed by atoms with Crippen LogP contribution < -0.4 is 11.1 Å². The summed E-state index contributed by atoms with van der Waals surface area (Å²) >= 11 is 0. The summed E-state index contributed by atoms with van der Waals surface area (Å²) in [6, 6.07) is 4.20. The molecule has 0 atom stereocenters. The lowest BCUT2D eigenvalue weighted by Crippen LogP contribution is -2.42. The number of amides is 1. The van der Waals surface area contributed by atoms with Gasteiger partial charge in [-0.2, -0.15) is 9.61 Å². The van der Waals surface area contributed by atoms with Crippen molar-refractivity contribution in [1.29, 1.82) is 0 Å². The Bertz CT molecular complexity index is 642. The predicted molar refractivity (Wildman–Crippen MR) is 76.4 cm³/mol. The number of nitrogens with one attached hydrogen (secondary N) is 1. The Morgan fingerprint density at radius 1 is 1.50 bits per heavy atom. The van der Waals surface area contributed by atoms with Gasteiger partial charge >= 0.3 is 0 Å². The van der Waals surface area contributed by atoms with Gasteiger partial charge in [-0.15, -0.1) is 0 Å². The maximum absolute atomic E-state index is 11.1. The van der Waals surface area contributed by atoms with E-state index < -0.39 is 0 Å². The van der Waals surface area contributed by atoms with Crippen LogP contribution in [0, 0.1) is 5.92 Å². The fraction of sp³-hybridized carbons (Fsp3) is 0.500. The molecule has 1 fully saturated rings. The van der Waals surface area contributed by atoms with Crippen molar-refractivity contribution >= 4 is 17.4 Å². The van der Waals surface area contributed by atoms with Crippen LogP contribution in [0.15, 0.2) is 18.3 Å². The summed E-state index contributed by atoms with van der Waals surface area (Å²) in [5.41, 5.74) is 7.17. The number of hydrogen-bond donors (Lipinski definition) is 2. The Morgan fingerprint density at radius 3 is 2.90 bits per heavy atom. The van der Waals surface area contributed by atoms with Gasteiger partial charge in [0.2, 0.25) is 5.91 Å². The summed E-state index contributed by atoms with van der Waals surface area (Å²) in [7, 11) is 0. The Balaban J connectivity index is 1.83. The molecule has 0 bridgehead atoms. The largest absolute Gasteiger partial charge is 0.369 e. The van der Waals surface area contributed by atoms with Crippen molar-refractivity contribution in [1.82, 2.24) is 14.6 Å². The van der Waals surface area contributed by atoms with Crippen LogP contribution in [0.4, 0.5) is 5.82 Å². The minimum absolute atomic E-state index is 0.00650. The van der Waals surface area contributed by atoms with E-state index in [1.54, 1.807) is 10.7 Å². The van der Waals surface area contributed by atoms with Crippen molar-refractivity contribution in [3.05, 3.63) is 24.0 Å². The Kier molecular flexibility index (Phi) is 3.08. The molecule has 6 heteroatoms. The molecule has 20 heavy (non-hydrogen) atoms. The van der Waals surface area contributed by atoms with Crippen molar-refractivity contribution in [2.75, 3.05) is 5.32 Å². The third-order valence-electron chi connectivity index (χ3n) is 3.86. The highest BCUT2D eigenvalue weighted by molar-refractivity contribution is 5.78. The summed E-state index contributed by atoms with van der Waals surface area (Å²) in [6.07, 6.45) is 3.32. The molecule has 0 unspecified atom stereocenters. The maximum Gasteiger partial charge on any atom is 0.220 e. The fourth-order valence-electron chi connectivity index (χ4n) is 2.51. The number of primary amides is 1. The highest BCUT2D eigenvalue weighted by Crippen LogP contribution is 2.30. The van der Waals surface area contributed by atoms with Crippen LogP contribution >= 0.6 is 0 Å². The quantitative estimate of drug-likeness (QED) is 0.884. The van der Waals surface area contributed by atoms with Gasteiger partial charge in [-0.25, -0.2) is 4.98 Å². The van der Waals surface area contributed by atoms with E-state index in [-0.39, 0.29) is 17.9 Å². The molecule has 0 aliphatic heterocycles. The standard InChI is InChI=1S/C14H19N5O/c1-8(2)11-7-13(19-12(18-11)3-4-16-19)17-10-5-9(6-10)14(15)20/h3-4,7-10,17H,5-6H2,1-2H3,(H2,15,20). The number of carbonyl (C=O) groups is 1. The van der Waals surface area contributed by atoms with Crippen molar-refractivity contribution in [2.24, 2.45) is 11.7 Å². The van der Waals surface area contributed by atoms with Gasteiger partial charge in [0.25, 0.3) is 0 Å². The Labute approximate surface area is 117 Å². The lowest BCUT2D eigenvalue weighted by atomic mass is 9.80. The molecule has 2 aromatic rings. The van der Waals surface area contributed by atoms with Crippen molar-refractivity contribution in [3.63, 3.8) is 0 Å². The van der Waals surface area contributed by atoms with Gasteiger partial charge in [0.1, 0.15) is 5.82 Å². The van der Waals surface area contributed by atoms with E-state index in [4.69, 9.17) is 5.73 Å². The number of fused-ring (bicyclic) bond motifs is 1. The first kappa shape index (κ1) is 12.9. The molecular weight excluding hydrogens is 254 g/mol. The molecule has 1 aliphatic rings. The van der Waals surface area contributed by atoms with Crippen LogP contribution in [0.5, 0.6) is 0 Å². The lowest BCUT2D eigenvalue weighted by molar-refractivity contribution is -0.124. The molecule has 1 saturated carbocycles. The second-order valence-corrected chi connectivity index (χ2v) is 5.73. The predicted octanol–water partition coefficient (Wildman–Crippen LogP) is 1.53. The maximum atomic E-state index is 11.1. The van der Waals surface area contributed by atoms with Crippen molar-refractivity contribution in [3.8, 4) is 0 Å². The molecule has 0 aromatic carbocycles. The second-order valence-electron chi connectivity index (χ2n) is 5.73. The van der Waals surface area contributed by atoms with Crippen molar-refractivity contribution < 1.29 is 4.79 Å². The third kappa shape index (κ3) is 2.21. The molecule has 1 amide bonds. The van der Waals surface area contributed by atoms with Crippen molar-refractivity contribution in [2.45, 2.75) is 38.6 Å². The van der Waals surface area contributed by atoms with Crippen LogP contribution in [0.1, 0.15) is 38.3 Å². The zero-order chi connectivity index (χ0) is 14.3. The normalized spacial score (nSPS) is 21.9. The van der Waals surface area contributed by atoms with Crippen LogP contribution in [0.2, 0.25) is 0 Å². The molecule has 6 nitrogen and oxygen atoms in total. The summed E-state index contributed by atoms with van der Waals surface area (Å²) in [4.78, 5) is 15.6. The van der Waals surface area contributed by atoms with E-state index in [1.807, 2.05) is 12.1 Å². The summed E-state index contributed by atoms with van der Waals surface area (Å²) in [5.74, 6) is 1.09. The second kappa shape index (κ2) is 4.77. The smallest absolute Gasteiger partial charge is 0.220 e. The molecule has 106 valence electrons. The fourth-order valence-corrected chi connectivity index (χ4v) is 2.51. The number of anilines is 1.